The SMILES string of the molecule is CCN(CC)C(=O)Cn1cc(-c2nc(N)ncc2Cl)c2cc(C3(O)CCCC3)ccc21. The zero-order chi connectivity index (χ0) is 22.2. The maximum atomic E-state index is 12.8. The Hall–Kier alpha value is -2.64. The van der Waals surface area contributed by atoms with Crippen molar-refractivity contribution in [3.63, 3.8) is 0 Å². The Bertz CT molecular complexity index is 1120. The van der Waals surface area contributed by atoms with Crippen molar-refractivity contribution >= 4 is 34.4 Å². The molecule has 1 aromatic carbocycles. The van der Waals surface area contributed by atoms with Gasteiger partial charge in [-0.05, 0) is 44.4 Å². The summed E-state index contributed by atoms with van der Waals surface area (Å²) >= 11 is 6.42. The lowest BCUT2D eigenvalue weighted by molar-refractivity contribution is -0.131. The number of likely N-dealkylation sites (N-methyl/N-ethyl adjacent to an activating group) is 1. The van der Waals surface area contributed by atoms with Crippen molar-refractivity contribution in [3.05, 3.63) is 41.2 Å². The number of nitrogen functional groups attached to an aromatic ring is 1. The van der Waals surface area contributed by atoms with Crippen LogP contribution < -0.4 is 5.73 Å². The van der Waals surface area contributed by atoms with E-state index in [4.69, 9.17) is 17.3 Å². The van der Waals surface area contributed by atoms with Crippen LogP contribution in [0.2, 0.25) is 5.02 Å². The first-order valence-corrected chi connectivity index (χ1v) is 11.2. The van der Waals surface area contributed by atoms with Gasteiger partial charge < -0.3 is 20.3 Å². The second-order valence-corrected chi connectivity index (χ2v) is 8.54. The summed E-state index contributed by atoms with van der Waals surface area (Å²) in [7, 11) is 0. The van der Waals surface area contributed by atoms with Gasteiger partial charge in [-0.25, -0.2) is 9.97 Å². The smallest absolute Gasteiger partial charge is 0.242 e. The van der Waals surface area contributed by atoms with Gasteiger partial charge in [0.1, 0.15) is 6.54 Å². The van der Waals surface area contributed by atoms with Gasteiger partial charge in [0.05, 0.1) is 22.5 Å². The van der Waals surface area contributed by atoms with Crippen LogP contribution in [0.4, 0.5) is 5.95 Å². The summed E-state index contributed by atoms with van der Waals surface area (Å²) < 4.78 is 1.92. The molecule has 3 N–H and O–H groups in total. The topological polar surface area (TPSA) is 97.3 Å². The molecule has 1 amide bonds. The lowest BCUT2D eigenvalue weighted by atomic mass is 9.91. The van der Waals surface area contributed by atoms with Crippen molar-refractivity contribution in [1.29, 1.82) is 0 Å². The van der Waals surface area contributed by atoms with Crippen LogP contribution >= 0.6 is 11.6 Å². The molecule has 4 rings (SSSR count). The van der Waals surface area contributed by atoms with Crippen molar-refractivity contribution in [3.8, 4) is 11.3 Å². The number of hydrogen-bond donors (Lipinski definition) is 2. The van der Waals surface area contributed by atoms with E-state index >= 15 is 0 Å². The minimum Gasteiger partial charge on any atom is -0.385 e. The van der Waals surface area contributed by atoms with Crippen molar-refractivity contribution in [2.75, 3.05) is 18.8 Å². The quantitative estimate of drug-likeness (QED) is 0.603. The second-order valence-electron chi connectivity index (χ2n) is 8.13. The summed E-state index contributed by atoms with van der Waals surface area (Å²) in [4.78, 5) is 22.9. The zero-order valence-corrected chi connectivity index (χ0v) is 18.7. The molecule has 3 aromatic rings. The number of anilines is 1. The third kappa shape index (κ3) is 4.00. The Labute approximate surface area is 186 Å². The number of aliphatic hydroxyl groups is 1. The maximum Gasteiger partial charge on any atom is 0.242 e. The van der Waals surface area contributed by atoms with Crippen molar-refractivity contribution in [2.24, 2.45) is 0 Å². The molecule has 1 saturated carbocycles. The zero-order valence-electron chi connectivity index (χ0n) is 17.9. The molecule has 2 heterocycles. The van der Waals surface area contributed by atoms with E-state index in [-0.39, 0.29) is 18.4 Å². The van der Waals surface area contributed by atoms with Crippen molar-refractivity contribution in [2.45, 2.75) is 51.7 Å². The minimum absolute atomic E-state index is 0.0419. The Morgan fingerprint density at radius 2 is 2.00 bits per heavy atom. The normalized spacial score (nSPS) is 15.5. The minimum atomic E-state index is -0.820. The number of amides is 1. The summed E-state index contributed by atoms with van der Waals surface area (Å²) in [6, 6.07) is 5.94. The number of nitrogens with two attached hydrogens (primary N) is 1. The molecule has 1 aliphatic carbocycles. The van der Waals surface area contributed by atoms with E-state index < -0.39 is 5.60 Å². The van der Waals surface area contributed by atoms with Crippen LogP contribution in [-0.4, -0.2) is 43.5 Å². The molecular formula is C23H28ClN5O2. The first-order valence-electron chi connectivity index (χ1n) is 10.8. The number of nitrogens with zero attached hydrogens (tertiary/aromatic N) is 4. The van der Waals surface area contributed by atoms with Gasteiger partial charge in [-0.15, -0.1) is 0 Å². The van der Waals surface area contributed by atoms with Gasteiger partial charge in [0.15, 0.2) is 0 Å². The fraction of sp³-hybridized carbons (Fsp3) is 0.435. The van der Waals surface area contributed by atoms with E-state index in [0.717, 1.165) is 47.7 Å². The highest BCUT2D eigenvalue weighted by atomic mass is 35.5. The van der Waals surface area contributed by atoms with Crippen LogP contribution in [0.5, 0.6) is 0 Å². The van der Waals surface area contributed by atoms with Gasteiger partial charge in [-0.2, -0.15) is 0 Å². The second kappa shape index (κ2) is 8.48. The highest BCUT2D eigenvalue weighted by Crippen LogP contribution is 2.41. The number of fused-ring (bicyclic) bond motifs is 1. The summed E-state index contributed by atoms with van der Waals surface area (Å²) in [5.74, 6) is 0.172. The number of hydrogen-bond acceptors (Lipinski definition) is 5. The summed E-state index contributed by atoms with van der Waals surface area (Å²) in [5.41, 5.74) is 8.06. The van der Waals surface area contributed by atoms with Crippen LogP contribution in [0.15, 0.2) is 30.6 Å². The number of benzene rings is 1. The van der Waals surface area contributed by atoms with Crippen LogP contribution in [0.25, 0.3) is 22.2 Å². The Balaban J connectivity index is 1.87. The van der Waals surface area contributed by atoms with Gasteiger partial charge in [0.2, 0.25) is 11.9 Å². The number of aromatic nitrogens is 3. The lowest BCUT2D eigenvalue weighted by Gasteiger charge is -2.23. The molecule has 1 fully saturated rings. The van der Waals surface area contributed by atoms with E-state index in [0.29, 0.717) is 23.8 Å². The third-order valence-electron chi connectivity index (χ3n) is 6.29. The van der Waals surface area contributed by atoms with Crippen molar-refractivity contribution < 1.29 is 9.90 Å². The van der Waals surface area contributed by atoms with Crippen LogP contribution in [0.1, 0.15) is 45.1 Å². The molecule has 1 aliphatic rings. The Morgan fingerprint density at radius 3 is 2.68 bits per heavy atom. The third-order valence-corrected chi connectivity index (χ3v) is 6.57. The molecule has 31 heavy (non-hydrogen) atoms. The summed E-state index contributed by atoms with van der Waals surface area (Å²) in [5, 5.41) is 12.4. The molecule has 0 spiro atoms. The standard InChI is InChI=1S/C23H28ClN5O2/c1-3-28(4-2)20(30)14-29-13-17(21-18(24)12-26-22(25)27-21)16-11-15(7-8-19(16)29)23(31)9-5-6-10-23/h7-8,11-13,31H,3-6,9-10,14H2,1-2H3,(H2,25,26,27). The first-order chi connectivity index (χ1) is 14.9. The van der Waals surface area contributed by atoms with E-state index in [1.165, 1.54) is 6.20 Å². The lowest BCUT2D eigenvalue weighted by Crippen LogP contribution is -2.33. The maximum absolute atomic E-state index is 12.8. The van der Waals surface area contributed by atoms with E-state index in [1.54, 1.807) is 4.90 Å². The van der Waals surface area contributed by atoms with E-state index in [1.807, 2.05) is 42.8 Å². The highest BCUT2D eigenvalue weighted by Gasteiger charge is 2.33. The van der Waals surface area contributed by atoms with E-state index in [2.05, 4.69) is 9.97 Å². The Kier molecular flexibility index (Phi) is 5.90. The van der Waals surface area contributed by atoms with Gasteiger partial charge in [-0.1, -0.05) is 30.5 Å². The summed E-state index contributed by atoms with van der Waals surface area (Å²) in [6.45, 7) is 5.47. The van der Waals surface area contributed by atoms with Gasteiger partial charge in [0.25, 0.3) is 0 Å². The van der Waals surface area contributed by atoms with Gasteiger partial charge in [-0.3, -0.25) is 4.79 Å². The number of carbonyl (C=O) groups is 1. The summed E-state index contributed by atoms with van der Waals surface area (Å²) in [6.07, 6.45) is 6.89. The number of carbonyl (C=O) groups excluding carboxylic acids is 1. The van der Waals surface area contributed by atoms with Gasteiger partial charge >= 0.3 is 0 Å². The number of halogens is 1. The average Bonchev–Trinajstić information content (AvgIpc) is 3.35. The van der Waals surface area contributed by atoms with E-state index in [9.17, 15) is 9.90 Å². The fourth-order valence-electron chi connectivity index (χ4n) is 4.55. The number of rotatable bonds is 6. The highest BCUT2D eigenvalue weighted by molar-refractivity contribution is 6.33. The predicted octanol–water partition coefficient (Wildman–Crippen LogP) is 3.96. The molecule has 0 atom stereocenters. The predicted molar refractivity (Wildman–Crippen MR) is 123 cm³/mol. The largest absolute Gasteiger partial charge is 0.385 e. The molecule has 0 radical (unpaired) electrons. The molecule has 0 saturated heterocycles. The molecular weight excluding hydrogens is 414 g/mol. The molecule has 0 unspecified atom stereocenters. The monoisotopic (exact) mass is 441 g/mol. The van der Waals surface area contributed by atoms with Crippen LogP contribution in [-0.2, 0) is 16.9 Å². The van der Waals surface area contributed by atoms with Crippen molar-refractivity contribution in [1.82, 2.24) is 19.4 Å². The molecule has 8 heteroatoms. The molecule has 2 aromatic heterocycles. The molecule has 0 aliphatic heterocycles. The van der Waals surface area contributed by atoms with Gasteiger partial charge in [0, 0.05) is 35.8 Å². The van der Waals surface area contributed by atoms with Crippen LogP contribution in [0.3, 0.4) is 0 Å². The average molecular weight is 442 g/mol. The fourth-order valence-corrected chi connectivity index (χ4v) is 4.74. The molecule has 0 bridgehead atoms. The Morgan fingerprint density at radius 1 is 1.29 bits per heavy atom. The molecule has 7 nitrogen and oxygen atoms in total. The first kappa shape index (κ1) is 21.6. The van der Waals surface area contributed by atoms with Crippen LogP contribution in [0, 0.1) is 0 Å². The molecule has 164 valence electrons.